The fourth-order valence-corrected chi connectivity index (χ4v) is 2.96. The monoisotopic (exact) mass is 299 g/mol. The Morgan fingerprint density at radius 1 is 1.35 bits per heavy atom. The molecule has 4 nitrogen and oxygen atoms in total. The topological polar surface area (TPSA) is 66.4 Å². The van der Waals surface area contributed by atoms with E-state index in [1.165, 1.54) is 0 Å². The first-order valence-corrected chi connectivity index (χ1v) is 6.32. The first-order chi connectivity index (χ1) is 8.00. The molecule has 0 heterocycles. The molecule has 2 aliphatic carbocycles. The molecule has 2 bridgehead atoms. The van der Waals surface area contributed by atoms with Gasteiger partial charge in [-0.15, -0.1) is 0 Å². The van der Waals surface area contributed by atoms with E-state index in [1.807, 2.05) is 12.2 Å². The zero-order valence-electron chi connectivity index (χ0n) is 9.23. The summed E-state index contributed by atoms with van der Waals surface area (Å²) >= 11 is 3.16. The predicted octanol–water partition coefficient (Wildman–Crippen LogP) is 1.53. The number of rotatable bonds is 4. The molecule has 92 valence electrons. The molecule has 0 spiro atoms. The Morgan fingerprint density at radius 3 is 2.47 bits per heavy atom. The molecule has 1 saturated carbocycles. The van der Waals surface area contributed by atoms with E-state index in [-0.39, 0.29) is 17.7 Å². The molecule has 0 aromatic carbocycles. The number of carboxylic acids is 1. The van der Waals surface area contributed by atoms with Crippen LogP contribution in [0, 0.1) is 23.7 Å². The van der Waals surface area contributed by atoms with Crippen LogP contribution in [0.3, 0.4) is 0 Å². The van der Waals surface area contributed by atoms with Gasteiger partial charge in [-0.25, -0.2) is 0 Å². The summed E-state index contributed by atoms with van der Waals surface area (Å²) in [5, 5.41) is 11.9. The van der Waals surface area contributed by atoms with Crippen LogP contribution in [-0.4, -0.2) is 23.5 Å². The van der Waals surface area contributed by atoms with Crippen LogP contribution in [0.25, 0.3) is 0 Å². The first kappa shape index (κ1) is 12.4. The highest BCUT2D eigenvalue weighted by Gasteiger charge is 2.51. The molecule has 0 radical (unpaired) electrons. The number of carbonyl (C=O) groups is 2. The third-order valence-electron chi connectivity index (χ3n) is 3.50. The molecule has 0 aromatic heterocycles. The molecule has 4 unspecified atom stereocenters. The molecular weight excluding hydrogens is 286 g/mol. The summed E-state index contributed by atoms with van der Waals surface area (Å²) in [7, 11) is 0. The van der Waals surface area contributed by atoms with Crippen LogP contribution < -0.4 is 5.32 Å². The largest absolute Gasteiger partial charge is 0.481 e. The maximum Gasteiger partial charge on any atom is 0.307 e. The summed E-state index contributed by atoms with van der Waals surface area (Å²) < 4.78 is 0.677. The van der Waals surface area contributed by atoms with E-state index in [2.05, 4.69) is 27.8 Å². The minimum Gasteiger partial charge on any atom is -0.481 e. The van der Waals surface area contributed by atoms with Crippen molar-refractivity contribution < 1.29 is 14.7 Å². The number of carbonyl (C=O) groups excluding carboxylic acids is 1. The Labute approximate surface area is 108 Å². The van der Waals surface area contributed by atoms with Crippen molar-refractivity contribution in [2.45, 2.75) is 6.42 Å². The number of carboxylic acid groups (broad SMARTS) is 1. The van der Waals surface area contributed by atoms with E-state index in [4.69, 9.17) is 0 Å². The predicted molar refractivity (Wildman–Crippen MR) is 66.4 cm³/mol. The minimum atomic E-state index is -0.875. The van der Waals surface area contributed by atoms with Crippen molar-refractivity contribution in [1.82, 2.24) is 5.32 Å². The molecule has 0 saturated heterocycles. The standard InChI is InChI=1S/C12H14BrNO3/c1-6(13)5-14-11(15)9-7-2-3-8(4-7)10(9)12(16)17/h2-3,7-10H,1,4-5H2,(H,14,15)(H,16,17). The molecule has 1 fully saturated rings. The second-order valence-electron chi connectivity index (χ2n) is 4.57. The molecule has 2 aliphatic rings. The van der Waals surface area contributed by atoms with Crippen molar-refractivity contribution >= 4 is 27.8 Å². The lowest BCUT2D eigenvalue weighted by atomic mass is 9.82. The van der Waals surface area contributed by atoms with Crippen molar-refractivity contribution in [3.63, 3.8) is 0 Å². The highest BCUT2D eigenvalue weighted by molar-refractivity contribution is 9.11. The number of halogens is 1. The normalized spacial score (nSPS) is 33.7. The summed E-state index contributed by atoms with van der Waals surface area (Å²) in [6.45, 7) is 3.96. The van der Waals surface area contributed by atoms with Crippen molar-refractivity contribution in [2.75, 3.05) is 6.54 Å². The molecular formula is C12H14BrNO3. The second kappa shape index (κ2) is 4.64. The van der Waals surface area contributed by atoms with Crippen LogP contribution in [0.1, 0.15) is 6.42 Å². The molecule has 4 atom stereocenters. The fraction of sp³-hybridized carbons (Fsp3) is 0.500. The van der Waals surface area contributed by atoms with Crippen LogP contribution in [-0.2, 0) is 9.59 Å². The van der Waals surface area contributed by atoms with Gasteiger partial charge in [0, 0.05) is 11.0 Å². The van der Waals surface area contributed by atoms with E-state index in [9.17, 15) is 14.7 Å². The number of aliphatic carboxylic acids is 1. The summed E-state index contributed by atoms with van der Waals surface area (Å²) in [5.74, 6) is -1.98. The molecule has 0 aromatic rings. The van der Waals surface area contributed by atoms with Gasteiger partial charge < -0.3 is 10.4 Å². The number of amides is 1. The van der Waals surface area contributed by atoms with Crippen LogP contribution in [0.15, 0.2) is 23.2 Å². The third-order valence-corrected chi connectivity index (χ3v) is 3.78. The molecule has 5 heteroatoms. The molecule has 2 N–H and O–H groups in total. The second-order valence-corrected chi connectivity index (χ2v) is 5.69. The van der Waals surface area contributed by atoms with Gasteiger partial charge in [-0.05, 0) is 18.3 Å². The van der Waals surface area contributed by atoms with Gasteiger partial charge in [-0.2, -0.15) is 0 Å². The number of hydrogen-bond acceptors (Lipinski definition) is 2. The van der Waals surface area contributed by atoms with Gasteiger partial charge in [0.1, 0.15) is 0 Å². The summed E-state index contributed by atoms with van der Waals surface area (Å²) in [6.07, 6.45) is 4.68. The molecule has 2 rings (SSSR count). The van der Waals surface area contributed by atoms with Crippen molar-refractivity contribution in [2.24, 2.45) is 23.7 Å². The van der Waals surface area contributed by atoms with Crippen LogP contribution >= 0.6 is 15.9 Å². The summed E-state index contributed by atoms with van der Waals surface area (Å²) in [6, 6.07) is 0. The maximum atomic E-state index is 12.0. The quantitative estimate of drug-likeness (QED) is 0.774. The van der Waals surface area contributed by atoms with E-state index in [0.29, 0.717) is 11.0 Å². The van der Waals surface area contributed by atoms with Crippen molar-refractivity contribution in [3.8, 4) is 0 Å². The smallest absolute Gasteiger partial charge is 0.307 e. The van der Waals surface area contributed by atoms with Crippen molar-refractivity contribution in [1.29, 1.82) is 0 Å². The first-order valence-electron chi connectivity index (χ1n) is 5.53. The van der Waals surface area contributed by atoms with Gasteiger partial charge in [0.05, 0.1) is 11.8 Å². The lowest BCUT2D eigenvalue weighted by Crippen LogP contribution is -2.40. The molecule has 0 aliphatic heterocycles. The SMILES string of the molecule is C=C(Br)CNC(=O)C1C2C=CC(C2)C1C(=O)O. The number of hydrogen-bond donors (Lipinski definition) is 2. The van der Waals surface area contributed by atoms with Gasteiger partial charge in [-0.3, -0.25) is 9.59 Å². The van der Waals surface area contributed by atoms with Crippen LogP contribution in [0.2, 0.25) is 0 Å². The van der Waals surface area contributed by atoms with Gasteiger partial charge in [-0.1, -0.05) is 34.7 Å². The Hall–Kier alpha value is -1.10. The van der Waals surface area contributed by atoms with E-state index in [0.717, 1.165) is 6.42 Å². The summed E-state index contributed by atoms with van der Waals surface area (Å²) in [5.41, 5.74) is 0. The number of allylic oxidation sites excluding steroid dienone is 2. The zero-order chi connectivity index (χ0) is 12.6. The lowest BCUT2D eigenvalue weighted by Gasteiger charge is -2.23. The van der Waals surface area contributed by atoms with Gasteiger partial charge in [0.15, 0.2) is 0 Å². The Bertz CT molecular complexity index is 405. The zero-order valence-corrected chi connectivity index (χ0v) is 10.8. The van der Waals surface area contributed by atoms with Crippen LogP contribution in [0.5, 0.6) is 0 Å². The highest BCUT2D eigenvalue weighted by atomic mass is 79.9. The number of nitrogens with one attached hydrogen (secondary N) is 1. The Kier molecular flexibility index (Phi) is 3.38. The van der Waals surface area contributed by atoms with Gasteiger partial charge in [0.2, 0.25) is 5.91 Å². The van der Waals surface area contributed by atoms with E-state index < -0.39 is 17.8 Å². The van der Waals surface area contributed by atoms with Gasteiger partial charge >= 0.3 is 5.97 Å². The molecule has 17 heavy (non-hydrogen) atoms. The highest BCUT2D eigenvalue weighted by Crippen LogP contribution is 2.48. The third kappa shape index (κ3) is 2.29. The van der Waals surface area contributed by atoms with E-state index >= 15 is 0 Å². The average Bonchev–Trinajstić information content (AvgIpc) is 2.84. The average molecular weight is 300 g/mol. The maximum absolute atomic E-state index is 12.0. The Balaban J connectivity index is 2.08. The summed E-state index contributed by atoms with van der Waals surface area (Å²) in [4.78, 5) is 23.2. The lowest BCUT2D eigenvalue weighted by molar-refractivity contribution is -0.147. The Morgan fingerprint density at radius 2 is 1.94 bits per heavy atom. The van der Waals surface area contributed by atoms with E-state index in [1.54, 1.807) is 0 Å². The van der Waals surface area contributed by atoms with Crippen LogP contribution in [0.4, 0.5) is 0 Å². The van der Waals surface area contributed by atoms with Crippen molar-refractivity contribution in [3.05, 3.63) is 23.2 Å². The molecule has 1 amide bonds. The number of fused-ring (bicyclic) bond motifs is 2. The minimum absolute atomic E-state index is 0.0143. The fourth-order valence-electron chi connectivity index (χ4n) is 2.82. The van der Waals surface area contributed by atoms with Gasteiger partial charge in [0.25, 0.3) is 0 Å².